The number of hydrogen-bond donors (Lipinski definition) is 0. The van der Waals surface area contributed by atoms with Gasteiger partial charge in [-0.3, -0.25) is 0 Å². The minimum absolute atomic E-state index is 0.0183. The Labute approximate surface area is 79.8 Å². The normalized spacial score (nSPS) is 16.5. The first kappa shape index (κ1) is 3.55. The van der Waals surface area contributed by atoms with Crippen LogP contribution in [0.3, 0.4) is 0 Å². The van der Waals surface area contributed by atoms with E-state index >= 15 is 0 Å². The Morgan fingerprint density at radius 3 is 3.45 bits per heavy atom. The topological polar surface area (TPSA) is 45.9 Å². The molecule has 1 rings (SSSR count). The van der Waals surface area contributed by atoms with Crippen molar-refractivity contribution in [1.82, 2.24) is 4.98 Å². The van der Waals surface area contributed by atoms with E-state index in [1.807, 2.05) is 0 Å². The second kappa shape index (κ2) is 3.35. The zero-order chi connectivity index (χ0) is 12.5. The molecule has 1 aromatic rings. The van der Waals surface area contributed by atoms with Crippen molar-refractivity contribution in [2.45, 2.75) is 0 Å². The van der Waals surface area contributed by atoms with Crippen molar-refractivity contribution < 1.29 is 11.6 Å². The lowest BCUT2D eigenvalue weighted by molar-refractivity contribution is 0.412. The molecule has 0 spiro atoms. The van der Waals surface area contributed by atoms with Crippen LogP contribution >= 0.6 is 15.9 Å². The fourth-order valence-corrected chi connectivity index (χ4v) is 0.871. The minimum Gasteiger partial charge on any atom is -0.495 e. The summed E-state index contributed by atoms with van der Waals surface area (Å²) >= 11 is 2.90. The summed E-state index contributed by atoms with van der Waals surface area (Å²) in [6.45, 7) is 0. The van der Waals surface area contributed by atoms with Crippen molar-refractivity contribution in [3.63, 3.8) is 0 Å². The summed E-state index contributed by atoms with van der Waals surface area (Å²) in [7, 11) is -2.78. The largest absolute Gasteiger partial charge is 0.495 e. The summed E-state index contributed by atoms with van der Waals surface area (Å²) < 4.78 is 39.9. The highest BCUT2D eigenvalue weighted by Gasteiger charge is 2.05. The summed E-state index contributed by atoms with van der Waals surface area (Å²) in [5.74, 6) is -0.464. The number of halogens is 1. The van der Waals surface area contributed by atoms with E-state index in [0.717, 1.165) is 0 Å². The van der Waals surface area contributed by atoms with Gasteiger partial charge in [0.1, 0.15) is 22.0 Å². The van der Waals surface area contributed by atoms with Gasteiger partial charge in [0.25, 0.3) is 0 Å². The van der Waals surface area contributed by atoms with Gasteiger partial charge in [0, 0.05) is 6.17 Å². The van der Waals surface area contributed by atoms with Crippen LogP contribution in [0.25, 0.3) is 0 Å². The van der Waals surface area contributed by atoms with E-state index in [1.165, 1.54) is 0 Å². The third-order valence-corrected chi connectivity index (χ3v) is 1.54. The molecule has 0 aliphatic heterocycles. The van der Waals surface area contributed by atoms with Crippen molar-refractivity contribution in [2.75, 3.05) is 7.04 Å². The molecule has 0 fully saturated rings. The summed E-state index contributed by atoms with van der Waals surface area (Å²) in [5, 5.41) is 8.78. The van der Waals surface area contributed by atoms with E-state index in [4.69, 9.17) is 12.1 Å². The van der Waals surface area contributed by atoms with E-state index in [-0.39, 0.29) is 10.2 Å². The van der Waals surface area contributed by atoms with Crippen LogP contribution in [-0.4, -0.2) is 12.0 Å². The molecule has 0 amide bonds. The molecule has 0 saturated carbocycles. The molecule has 0 aromatic carbocycles. The average Bonchev–Trinajstić information content (AvgIpc) is 2.12. The zero-order valence-corrected chi connectivity index (χ0v) is 6.77. The summed E-state index contributed by atoms with van der Waals surface area (Å²) in [6.07, 6.45) is -0.467. The van der Waals surface area contributed by atoms with Gasteiger partial charge in [-0.25, -0.2) is 4.98 Å². The number of methoxy groups -OCH3 is 1. The first-order valence-corrected chi connectivity index (χ1v) is 3.31. The van der Waals surface area contributed by atoms with Gasteiger partial charge in [0.05, 0.1) is 13.9 Å². The van der Waals surface area contributed by atoms with Crippen LogP contribution in [0.4, 0.5) is 0 Å². The standard InChI is InChI=1S/C7H5BrN2O/c1-11-6-2-3-10-7(8)5(6)4-9/h2-3H,1H3/i1D3,2D,3D. The molecule has 0 aliphatic rings. The highest BCUT2D eigenvalue weighted by molar-refractivity contribution is 9.10. The number of hydrogen-bond acceptors (Lipinski definition) is 3. The van der Waals surface area contributed by atoms with Gasteiger partial charge in [-0.15, -0.1) is 0 Å². The predicted molar refractivity (Wildman–Crippen MR) is 43.2 cm³/mol. The summed E-state index contributed by atoms with van der Waals surface area (Å²) in [6, 6.07) is 1.14. The molecule has 0 saturated heterocycles. The summed E-state index contributed by atoms with van der Waals surface area (Å²) in [5.41, 5.74) is -0.211. The Bertz CT molecular complexity index is 467. The van der Waals surface area contributed by atoms with Crippen molar-refractivity contribution in [3.05, 3.63) is 22.4 Å². The molecule has 0 bridgehead atoms. The van der Waals surface area contributed by atoms with E-state index in [2.05, 4.69) is 25.7 Å². The maximum atomic E-state index is 8.78. The van der Waals surface area contributed by atoms with Crippen LogP contribution in [0.2, 0.25) is 0 Å². The fraction of sp³-hybridized carbons (Fsp3) is 0.143. The van der Waals surface area contributed by atoms with Crippen molar-refractivity contribution in [2.24, 2.45) is 0 Å². The summed E-state index contributed by atoms with van der Waals surface area (Å²) in [4.78, 5) is 3.54. The molecule has 0 atom stereocenters. The number of rotatable bonds is 1. The van der Waals surface area contributed by atoms with Gasteiger partial charge in [-0.1, -0.05) is 0 Å². The minimum atomic E-state index is -2.78. The first-order chi connectivity index (χ1) is 7.26. The second-order valence-electron chi connectivity index (χ2n) is 1.56. The highest BCUT2D eigenvalue weighted by Crippen LogP contribution is 2.22. The number of ether oxygens (including phenoxy) is 1. The number of aromatic nitrogens is 1. The van der Waals surface area contributed by atoms with Gasteiger partial charge < -0.3 is 4.74 Å². The number of pyridine rings is 1. The molecule has 0 unspecified atom stereocenters. The van der Waals surface area contributed by atoms with Gasteiger partial charge in [0.15, 0.2) is 0 Å². The number of nitrogens with zero attached hydrogens (tertiary/aromatic N) is 2. The predicted octanol–water partition coefficient (Wildman–Crippen LogP) is 1.72. The molecule has 11 heavy (non-hydrogen) atoms. The van der Waals surface area contributed by atoms with Gasteiger partial charge >= 0.3 is 0 Å². The van der Waals surface area contributed by atoms with E-state index in [9.17, 15) is 0 Å². The lowest BCUT2D eigenvalue weighted by Crippen LogP contribution is -1.90. The van der Waals surface area contributed by atoms with Crippen molar-refractivity contribution in [1.29, 1.82) is 5.26 Å². The monoisotopic (exact) mass is 217 g/mol. The van der Waals surface area contributed by atoms with Gasteiger partial charge in [-0.2, -0.15) is 5.26 Å². The van der Waals surface area contributed by atoms with Crippen LogP contribution in [-0.2, 0) is 0 Å². The molecular formula is C7H5BrN2O. The molecule has 0 aliphatic carbocycles. The van der Waals surface area contributed by atoms with Crippen LogP contribution in [0, 0.1) is 11.3 Å². The van der Waals surface area contributed by atoms with Crippen LogP contribution in [0.15, 0.2) is 16.8 Å². The SMILES string of the molecule is [2H]c1nc(Br)c(C#N)c(OC([2H])([2H])[2H])c1[2H]. The quantitative estimate of drug-likeness (QED) is 0.674. The molecule has 56 valence electrons. The number of nitriles is 1. The van der Waals surface area contributed by atoms with E-state index in [1.54, 1.807) is 6.07 Å². The Balaban J connectivity index is 3.41. The fourth-order valence-electron chi connectivity index (χ4n) is 0.513. The van der Waals surface area contributed by atoms with Gasteiger partial charge in [0.2, 0.25) is 0 Å². The lowest BCUT2D eigenvalue weighted by atomic mass is 10.3. The van der Waals surface area contributed by atoms with E-state index in [0.29, 0.717) is 0 Å². The van der Waals surface area contributed by atoms with Gasteiger partial charge in [-0.05, 0) is 22.0 Å². The lowest BCUT2D eigenvalue weighted by Gasteiger charge is -2.01. The molecule has 3 nitrogen and oxygen atoms in total. The van der Waals surface area contributed by atoms with Crippen LogP contribution < -0.4 is 4.74 Å². The van der Waals surface area contributed by atoms with Crippen LogP contribution in [0.1, 0.15) is 12.4 Å². The highest BCUT2D eigenvalue weighted by atomic mass is 79.9. The molecule has 1 heterocycles. The molecular weight excluding hydrogens is 208 g/mol. The Kier molecular flexibility index (Phi) is 1.08. The van der Waals surface area contributed by atoms with E-state index < -0.39 is 25.0 Å². The molecule has 0 radical (unpaired) electrons. The average molecular weight is 218 g/mol. The Hall–Kier alpha value is -1.08. The maximum absolute atomic E-state index is 8.78. The second-order valence-corrected chi connectivity index (χ2v) is 2.31. The molecule has 4 heteroatoms. The van der Waals surface area contributed by atoms with Crippen molar-refractivity contribution >= 4 is 15.9 Å². The molecule has 1 aromatic heterocycles. The smallest absolute Gasteiger partial charge is 0.140 e. The van der Waals surface area contributed by atoms with Crippen molar-refractivity contribution in [3.8, 4) is 11.8 Å². The maximum Gasteiger partial charge on any atom is 0.140 e. The Morgan fingerprint density at radius 1 is 2.00 bits per heavy atom. The third kappa shape index (κ3) is 1.49. The van der Waals surface area contributed by atoms with Crippen LogP contribution in [0.5, 0.6) is 5.75 Å². The molecule has 0 N–H and O–H groups in total. The Morgan fingerprint density at radius 2 is 2.82 bits per heavy atom. The first-order valence-electron chi connectivity index (χ1n) is 5.02. The third-order valence-electron chi connectivity index (χ3n) is 0.971. The zero-order valence-electron chi connectivity index (χ0n) is 10.2.